The van der Waals surface area contributed by atoms with E-state index in [-0.39, 0.29) is 55.9 Å². The second-order valence-corrected chi connectivity index (χ2v) is 7.53. The van der Waals surface area contributed by atoms with E-state index >= 15 is 0 Å². The van der Waals surface area contributed by atoms with Crippen molar-refractivity contribution < 1.29 is 48.8 Å². The molecule has 0 aliphatic carbocycles. The smallest absolute Gasteiger partial charge is 0.435 e. The van der Waals surface area contributed by atoms with Crippen molar-refractivity contribution in [1.29, 1.82) is 0 Å². The number of benzene rings is 2. The summed E-state index contributed by atoms with van der Waals surface area (Å²) in [5.41, 5.74) is 0.163. The summed E-state index contributed by atoms with van der Waals surface area (Å²) in [7, 11) is 4.50. The summed E-state index contributed by atoms with van der Waals surface area (Å²) < 4.78 is 52.0. The summed E-state index contributed by atoms with van der Waals surface area (Å²) in [6.45, 7) is 0.612. The van der Waals surface area contributed by atoms with E-state index in [4.69, 9.17) is 21.1 Å². The predicted molar refractivity (Wildman–Crippen MR) is 116 cm³/mol. The van der Waals surface area contributed by atoms with Gasteiger partial charge in [-0.05, 0) is 36.2 Å². The van der Waals surface area contributed by atoms with Crippen LogP contribution in [-0.4, -0.2) is 35.7 Å². The molecule has 0 saturated heterocycles. The van der Waals surface area contributed by atoms with Crippen molar-refractivity contribution in [3.63, 3.8) is 0 Å². The number of rotatable bonds is 8. The third kappa shape index (κ3) is 6.65. The average molecular weight is 653 g/mol. The summed E-state index contributed by atoms with van der Waals surface area (Å²) in [4.78, 5) is 0. The Hall–Kier alpha value is -2.22. The van der Waals surface area contributed by atoms with E-state index in [1.165, 1.54) is 25.4 Å². The van der Waals surface area contributed by atoms with E-state index in [0.717, 1.165) is 10.2 Å². The van der Waals surface area contributed by atoms with Gasteiger partial charge in [0.2, 0.25) is 0 Å². The van der Waals surface area contributed by atoms with Crippen LogP contribution in [0.4, 0.5) is 13.2 Å². The van der Waals surface area contributed by atoms with Gasteiger partial charge in [0.25, 0.3) is 0 Å². The van der Waals surface area contributed by atoms with Gasteiger partial charge < -0.3 is 19.9 Å². The fraction of sp³-hybridized carbons (Fsp3) is 0.318. The third-order valence-electron chi connectivity index (χ3n) is 4.80. The Morgan fingerprint density at radius 1 is 1.06 bits per heavy atom. The first-order chi connectivity index (χ1) is 15.1. The molecule has 1 N–H and O–H groups in total. The number of alkyl halides is 3. The minimum atomic E-state index is -4.65. The minimum Gasteiger partial charge on any atom is -0.658 e. The molecular weight excluding hydrogens is 631 g/mol. The fourth-order valence-electron chi connectivity index (χ4n) is 3.38. The first-order valence-corrected chi connectivity index (χ1v) is 9.98. The number of halogens is 4. The zero-order valence-electron chi connectivity index (χ0n) is 18.1. The molecule has 11 heteroatoms. The molecule has 0 atom stereocenters. The molecule has 178 valence electrons. The van der Waals surface area contributed by atoms with Gasteiger partial charge in [-0.1, -0.05) is 17.2 Å². The van der Waals surface area contributed by atoms with E-state index in [1.807, 2.05) is 12.1 Å². The van der Waals surface area contributed by atoms with Crippen LogP contribution in [0.1, 0.15) is 16.8 Å². The number of aromatic nitrogens is 2. The number of hydrogen-bond donors (Lipinski definition) is 1. The molecule has 0 unspecified atom stereocenters. The van der Waals surface area contributed by atoms with Crippen molar-refractivity contribution >= 4 is 11.6 Å². The van der Waals surface area contributed by atoms with Crippen LogP contribution >= 0.6 is 11.6 Å². The molecular formula is C22H22ClF3N3O3W-. The van der Waals surface area contributed by atoms with Crippen LogP contribution in [0.25, 0.3) is 16.4 Å². The molecule has 0 fully saturated rings. The zero-order chi connectivity index (χ0) is 23.5. The molecule has 1 heterocycles. The quantitative estimate of drug-likeness (QED) is 0.322. The maximum absolute atomic E-state index is 13.5. The number of phenolic OH excluding ortho intramolecular Hbond substituents is 1. The minimum absolute atomic E-state index is 0. The van der Waals surface area contributed by atoms with Gasteiger partial charge >= 0.3 is 6.18 Å². The number of methoxy groups -OCH3 is 2. The van der Waals surface area contributed by atoms with Crippen molar-refractivity contribution in [2.24, 2.45) is 7.05 Å². The summed E-state index contributed by atoms with van der Waals surface area (Å²) in [5.74, 6) is 1.06. The van der Waals surface area contributed by atoms with Crippen molar-refractivity contribution in [3.8, 4) is 28.4 Å². The number of nitrogens with zero attached hydrogens (tertiary/aromatic N) is 3. The van der Waals surface area contributed by atoms with Gasteiger partial charge in [-0.25, -0.2) is 0 Å². The van der Waals surface area contributed by atoms with E-state index in [9.17, 15) is 18.3 Å². The maximum Gasteiger partial charge on any atom is 0.435 e. The van der Waals surface area contributed by atoms with Crippen LogP contribution in [0.3, 0.4) is 0 Å². The second-order valence-electron chi connectivity index (χ2n) is 7.09. The molecule has 3 rings (SSSR count). The first-order valence-electron chi connectivity index (χ1n) is 9.60. The average Bonchev–Trinajstić information content (AvgIpc) is 3.13. The Balaban J connectivity index is 0.00000385. The number of phenols is 1. The largest absolute Gasteiger partial charge is 0.658 e. The number of aromatic hydroxyl groups is 1. The van der Waals surface area contributed by atoms with Crippen LogP contribution in [0.15, 0.2) is 36.5 Å². The molecule has 0 aliphatic rings. The normalized spacial score (nSPS) is 11.2. The van der Waals surface area contributed by atoms with E-state index in [2.05, 4.69) is 10.4 Å². The van der Waals surface area contributed by atoms with Crippen molar-refractivity contribution in [3.05, 3.63) is 63.7 Å². The van der Waals surface area contributed by atoms with Gasteiger partial charge in [0, 0.05) is 56.5 Å². The zero-order valence-corrected chi connectivity index (χ0v) is 21.8. The Bertz CT molecular complexity index is 1080. The Morgan fingerprint density at radius 3 is 2.27 bits per heavy atom. The molecule has 0 radical (unpaired) electrons. The maximum atomic E-state index is 13.5. The Labute approximate surface area is 208 Å². The van der Waals surface area contributed by atoms with Gasteiger partial charge in [0.1, 0.15) is 17.2 Å². The molecule has 33 heavy (non-hydrogen) atoms. The molecule has 0 aliphatic heterocycles. The van der Waals surface area contributed by atoms with Crippen molar-refractivity contribution in [2.45, 2.75) is 19.1 Å². The van der Waals surface area contributed by atoms with Gasteiger partial charge in [-0.15, -0.1) is 13.1 Å². The molecule has 6 nitrogen and oxygen atoms in total. The van der Waals surface area contributed by atoms with E-state index in [1.54, 1.807) is 20.3 Å². The first kappa shape index (κ1) is 27.0. The van der Waals surface area contributed by atoms with E-state index < -0.39 is 11.9 Å². The number of aryl methyl sites for hydroxylation is 1. The topological polar surface area (TPSA) is 70.6 Å². The Morgan fingerprint density at radius 2 is 1.70 bits per heavy atom. The van der Waals surface area contributed by atoms with Gasteiger partial charge in [-0.2, -0.15) is 18.3 Å². The van der Waals surface area contributed by atoms with Crippen molar-refractivity contribution in [2.75, 3.05) is 20.8 Å². The molecule has 1 aromatic heterocycles. The molecule has 0 bridgehead atoms. The Kier molecular flexibility index (Phi) is 9.23. The van der Waals surface area contributed by atoms with Crippen LogP contribution in [-0.2, 0) is 47.3 Å². The van der Waals surface area contributed by atoms with E-state index in [0.29, 0.717) is 23.6 Å². The van der Waals surface area contributed by atoms with Crippen molar-refractivity contribution in [1.82, 2.24) is 9.78 Å². The third-order valence-corrected chi connectivity index (χ3v) is 5.02. The standard InChI is InChI=1S/C22H22ClF3N3O3.W/c1-29-12-19(21(28-29)22(24,25)26)18-8-14(23)9-20(30)17(18)4-5-27-11-13-6-15(31-2)10-16(7-13)32-3;/h6-10,12,30H,4-5,11H2,1-3H3;/q-1;. The predicted octanol–water partition coefficient (Wildman–Crippen LogP) is 5.60. The van der Waals surface area contributed by atoms with Crippen LogP contribution < -0.4 is 9.47 Å². The summed E-state index contributed by atoms with van der Waals surface area (Å²) in [6.07, 6.45) is -3.18. The molecule has 0 spiro atoms. The fourth-order valence-corrected chi connectivity index (χ4v) is 3.59. The molecule has 2 aromatic carbocycles. The van der Waals surface area contributed by atoms with Gasteiger partial charge in [0.15, 0.2) is 5.69 Å². The number of hydrogen-bond acceptors (Lipinski definition) is 4. The van der Waals surface area contributed by atoms with Crippen LogP contribution in [0.2, 0.25) is 5.02 Å². The molecule has 0 saturated carbocycles. The molecule has 3 aromatic rings. The SMILES string of the molecule is COc1cc(C[N-]CCc2c(O)cc(Cl)cc2-c2cn(C)nc2C(F)(F)F)cc(OC)c1.[W]. The van der Waals surface area contributed by atoms with Crippen LogP contribution in [0, 0.1) is 0 Å². The van der Waals surface area contributed by atoms with Crippen LogP contribution in [0.5, 0.6) is 17.2 Å². The summed E-state index contributed by atoms with van der Waals surface area (Å²) in [5, 5.41) is 18.6. The van der Waals surface area contributed by atoms with Gasteiger partial charge in [0.05, 0.1) is 14.2 Å². The summed E-state index contributed by atoms with van der Waals surface area (Å²) in [6, 6.07) is 8.09. The number of ether oxygens (including phenoxy) is 2. The monoisotopic (exact) mass is 652 g/mol. The summed E-state index contributed by atoms with van der Waals surface area (Å²) >= 11 is 6.03. The second kappa shape index (κ2) is 11.3. The van der Waals surface area contributed by atoms with Gasteiger partial charge in [-0.3, -0.25) is 4.68 Å². The molecule has 0 amide bonds.